The Morgan fingerprint density at radius 3 is 3.09 bits per heavy atom. The number of aryl methyl sites for hydroxylation is 1. The van der Waals surface area contributed by atoms with Crippen molar-refractivity contribution >= 4 is 17.0 Å². The lowest BCUT2D eigenvalue weighted by molar-refractivity contribution is 0.0583. The normalized spacial score (nSPS) is 20.3. The van der Waals surface area contributed by atoms with Crippen LogP contribution in [0.25, 0.3) is 11.1 Å². The Hall–Kier alpha value is -1.95. The van der Waals surface area contributed by atoms with Crippen LogP contribution >= 0.6 is 0 Å². The third-order valence-electron chi connectivity index (χ3n) is 4.40. The first kappa shape index (κ1) is 15.0. The van der Waals surface area contributed by atoms with Crippen molar-refractivity contribution < 1.29 is 9.32 Å². The second-order valence-corrected chi connectivity index (χ2v) is 5.98. The van der Waals surface area contributed by atoms with Gasteiger partial charge in [0.25, 0.3) is 11.6 Å². The second kappa shape index (κ2) is 6.04. The summed E-state index contributed by atoms with van der Waals surface area (Å²) in [6.07, 6.45) is 5.43. The topological polar surface area (TPSA) is 85.2 Å². The average molecular weight is 302 g/mol. The van der Waals surface area contributed by atoms with Gasteiger partial charge < -0.3 is 15.2 Å². The minimum absolute atomic E-state index is 0.000321. The molecule has 3 rings (SSSR count). The molecule has 1 fully saturated rings. The van der Waals surface area contributed by atoms with Crippen LogP contribution in [0.3, 0.4) is 0 Å². The summed E-state index contributed by atoms with van der Waals surface area (Å²) in [6.45, 7) is 4.73. The van der Waals surface area contributed by atoms with Crippen LogP contribution in [0.5, 0.6) is 0 Å². The summed E-state index contributed by atoms with van der Waals surface area (Å²) in [5.74, 6) is -0.000321. The number of carbonyl (C=O) groups is 1. The van der Waals surface area contributed by atoms with Gasteiger partial charge in [-0.1, -0.05) is 12.1 Å². The summed E-state index contributed by atoms with van der Waals surface area (Å²) in [5.41, 5.74) is 7.96. The number of pyridine rings is 1. The molecular formula is C16H22N4O2. The smallest absolute Gasteiger partial charge is 0.257 e. The highest BCUT2D eigenvalue weighted by molar-refractivity contribution is 5.97. The molecule has 2 N–H and O–H groups in total. The van der Waals surface area contributed by atoms with Crippen molar-refractivity contribution in [2.45, 2.75) is 51.6 Å². The van der Waals surface area contributed by atoms with E-state index in [2.05, 4.69) is 10.1 Å². The van der Waals surface area contributed by atoms with Crippen LogP contribution in [-0.4, -0.2) is 39.6 Å². The zero-order valence-electron chi connectivity index (χ0n) is 13.1. The molecule has 2 aromatic heterocycles. The summed E-state index contributed by atoms with van der Waals surface area (Å²) >= 11 is 0. The van der Waals surface area contributed by atoms with E-state index in [0.29, 0.717) is 11.3 Å². The van der Waals surface area contributed by atoms with E-state index in [9.17, 15) is 4.79 Å². The molecule has 0 aromatic carbocycles. The number of hydrogen-bond donors (Lipinski definition) is 1. The number of nitrogens with zero attached hydrogens (tertiary/aromatic N) is 3. The highest BCUT2D eigenvalue weighted by Gasteiger charge is 2.30. The SMILES string of the molecule is CCc1noc2ncc(C(=O)N3CCCC[C@H]3[C@H](C)N)cc12. The van der Waals surface area contributed by atoms with Gasteiger partial charge in [-0.05, 0) is 38.7 Å². The second-order valence-electron chi connectivity index (χ2n) is 5.98. The van der Waals surface area contributed by atoms with Crippen LogP contribution in [-0.2, 0) is 6.42 Å². The van der Waals surface area contributed by atoms with E-state index in [0.717, 1.165) is 43.3 Å². The van der Waals surface area contributed by atoms with Crippen molar-refractivity contribution in [2.75, 3.05) is 6.54 Å². The molecule has 0 unspecified atom stereocenters. The van der Waals surface area contributed by atoms with Gasteiger partial charge in [0.1, 0.15) is 0 Å². The van der Waals surface area contributed by atoms with Crippen LogP contribution in [0.1, 0.15) is 49.2 Å². The summed E-state index contributed by atoms with van der Waals surface area (Å²) in [4.78, 5) is 19.0. The van der Waals surface area contributed by atoms with Gasteiger partial charge in [0.2, 0.25) is 0 Å². The van der Waals surface area contributed by atoms with Gasteiger partial charge in [0.15, 0.2) is 0 Å². The summed E-state index contributed by atoms with van der Waals surface area (Å²) in [5, 5.41) is 4.81. The third kappa shape index (κ3) is 2.59. The Kier molecular flexibility index (Phi) is 4.11. The van der Waals surface area contributed by atoms with Crippen molar-refractivity contribution in [1.29, 1.82) is 0 Å². The lowest BCUT2D eigenvalue weighted by atomic mass is 9.96. The predicted octanol–water partition coefficient (Wildman–Crippen LogP) is 2.13. The highest BCUT2D eigenvalue weighted by atomic mass is 16.5. The lowest BCUT2D eigenvalue weighted by Crippen LogP contribution is -2.51. The number of aromatic nitrogens is 2. The number of fused-ring (bicyclic) bond motifs is 1. The van der Waals surface area contributed by atoms with Gasteiger partial charge in [0.05, 0.1) is 16.6 Å². The summed E-state index contributed by atoms with van der Waals surface area (Å²) in [6, 6.07) is 1.92. The monoisotopic (exact) mass is 302 g/mol. The van der Waals surface area contributed by atoms with Gasteiger partial charge in [0, 0.05) is 24.8 Å². The fraction of sp³-hybridized carbons (Fsp3) is 0.562. The number of amides is 1. The minimum atomic E-state index is -0.0252. The lowest BCUT2D eigenvalue weighted by Gasteiger charge is -2.38. The number of nitrogens with two attached hydrogens (primary N) is 1. The first-order chi connectivity index (χ1) is 10.6. The first-order valence-corrected chi connectivity index (χ1v) is 7.92. The number of carbonyl (C=O) groups excluding carboxylic acids is 1. The molecule has 0 saturated carbocycles. The number of hydrogen-bond acceptors (Lipinski definition) is 5. The van der Waals surface area contributed by atoms with Crippen molar-refractivity contribution in [2.24, 2.45) is 5.73 Å². The molecule has 0 bridgehead atoms. The van der Waals surface area contributed by atoms with E-state index >= 15 is 0 Å². The molecule has 118 valence electrons. The molecule has 2 aromatic rings. The molecule has 6 nitrogen and oxygen atoms in total. The van der Waals surface area contributed by atoms with Crippen LogP contribution in [0.4, 0.5) is 0 Å². The van der Waals surface area contributed by atoms with E-state index in [1.807, 2.05) is 24.8 Å². The molecule has 1 aliphatic rings. The van der Waals surface area contributed by atoms with E-state index in [-0.39, 0.29) is 18.0 Å². The van der Waals surface area contributed by atoms with Gasteiger partial charge in [-0.15, -0.1) is 0 Å². The quantitative estimate of drug-likeness (QED) is 0.938. The molecule has 0 aliphatic carbocycles. The Bertz CT molecular complexity index is 680. The molecule has 0 radical (unpaired) electrons. The maximum atomic E-state index is 12.9. The maximum Gasteiger partial charge on any atom is 0.257 e. The van der Waals surface area contributed by atoms with E-state index < -0.39 is 0 Å². The molecule has 0 spiro atoms. The standard InChI is InChI=1S/C16H22N4O2/c1-3-13-12-8-11(9-18-15(12)22-19-13)16(21)20-7-5-4-6-14(20)10(2)17/h8-10,14H,3-7,17H2,1-2H3/t10-,14-/m0/s1. The fourth-order valence-corrected chi connectivity index (χ4v) is 3.17. The average Bonchev–Trinajstić information content (AvgIpc) is 2.96. The number of likely N-dealkylation sites (tertiary alicyclic amines) is 1. The van der Waals surface area contributed by atoms with E-state index in [1.165, 1.54) is 0 Å². The molecule has 3 heterocycles. The van der Waals surface area contributed by atoms with Gasteiger partial charge in [-0.2, -0.15) is 0 Å². The zero-order valence-corrected chi connectivity index (χ0v) is 13.1. The molecule has 6 heteroatoms. The Morgan fingerprint density at radius 1 is 1.55 bits per heavy atom. The molecule has 1 saturated heterocycles. The third-order valence-corrected chi connectivity index (χ3v) is 4.40. The van der Waals surface area contributed by atoms with Gasteiger partial charge in [-0.3, -0.25) is 4.79 Å². The predicted molar refractivity (Wildman–Crippen MR) is 83.5 cm³/mol. The zero-order chi connectivity index (χ0) is 15.7. The van der Waals surface area contributed by atoms with Gasteiger partial charge in [-0.25, -0.2) is 4.98 Å². The van der Waals surface area contributed by atoms with Crippen LogP contribution < -0.4 is 5.73 Å². The summed E-state index contributed by atoms with van der Waals surface area (Å²) in [7, 11) is 0. The molecule has 1 amide bonds. The Labute approximate surface area is 129 Å². The van der Waals surface area contributed by atoms with Crippen LogP contribution in [0.15, 0.2) is 16.8 Å². The highest BCUT2D eigenvalue weighted by Crippen LogP contribution is 2.23. The molecule has 1 aliphatic heterocycles. The van der Waals surface area contributed by atoms with Crippen LogP contribution in [0, 0.1) is 0 Å². The van der Waals surface area contributed by atoms with E-state index in [4.69, 9.17) is 10.3 Å². The number of rotatable bonds is 3. The minimum Gasteiger partial charge on any atom is -0.336 e. The first-order valence-electron chi connectivity index (χ1n) is 7.92. The van der Waals surface area contributed by atoms with Gasteiger partial charge >= 0.3 is 0 Å². The molecular weight excluding hydrogens is 280 g/mol. The maximum absolute atomic E-state index is 12.9. The largest absolute Gasteiger partial charge is 0.336 e. The van der Waals surface area contributed by atoms with Crippen LogP contribution in [0.2, 0.25) is 0 Å². The van der Waals surface area contributed by atoms with Crippen molar-refractivity contribution in [1.82, 2.24) is 15.0 Å². The Balaban J connectivity index is 1.93. The number of piperidine rings is 1. The fourth-order valence-electron chi connectivity index (χ4n) is 3.17. The summed E-state index contributed by atoms with van der Waals surface area (Å²) < 4.78 is 5.17. The van der Waals surface area contributed by atoms with Crippen molar-refractivity contribution in [3.63, 3.8) is 0 Å². The molecule has 2 atom stereocenters. The van der Waals surface area contributed by atoms with Crippen molar-refractivity contribution in [3.05, 3.63) is 23.5 Å². The van der Waals surface area contributed by atoms with Crippen molar-refractivity contribution in [3.8, 4) is 0 Å². The Morgan fingerprint density at radius 2 is 2.36 bits per heavy atom. The molecule has 22 heavy (non-hydrogen) atoms. The van der Waals surface area contributed by atoms with E-state index in [1.54, 1.807) is 6.20 Å².